The summed E-state index contributed by atoms with van der Waals surface area (Å²) < 4.78 is 21.5. The summed E-state index contributed by atoms with van der Waals surface area (Å²) in [6.45, 7) is 2.91. The van der Waals surface area contributed by atoms with Crippen LogP contribution < -0.4 is 4.74 Å². The van der Waals surface area contributed by atoms with Crippen molar-refractivity contribution in [1.29, 1.82) is 0 Å². The molecule has 0 aliphatic rings. The Morgan fingerprint density at radius 2 is 1.16 bits per heavy atom. The zero-order chi connectivity index (χ0) is 18.2. The Kier molecular flexibility index (Phi) is 13.2. The van der Waals surface area contributed by atoms with E-state index in [2.05, 4.69) is 0 Å². The standard InChI is InChI=1S/C18H30O7/c19-5-10-22-8-3-16-1-2-18(25-14-13-24-12-7-21)15-17(16)4-9-23-11-6-20/h1-2,15,19-21H,3-14H2. The van der Waals surface area contributed by atoms with Gasteiger partial charge < -0.3 is 34.3 Å². The summed E-state index contributed by atoms with van der Waals surface area (Å²) in [5, 5.41) is 26.2. The van der Waals surface area contributed by atoms with E-state index >= 15 is 0 Å². The van der Waals surface area contributed by atoms with Gasteiger partial charge in [-0.25, -0.2) is 0 Å². The van der Waals surface area contributed by atoms with Crippen LogP contribution in [0.2, 0.25) is 0 Å². The minimum Gasteiger partial charge on any atom is -0.491 e. The Hall–Kier alpha value is -1.22. The maximum atomic E-state index is 8.78. The van der Waals surface area contributed by atoms with Crippen LogP contribution in [-0.4, -0.2) is 81.4 Å². The number of benzene rings is 1. The van der Waals surface area contributed by atoms with Gasteiger partial charge in [0.15, 0.2) is 0 Å². The van der Waals surface area contributed by atoms with E-state index in [1.165, 1.54) is 0 Å². The number of aliphatic hydroxyl groups excluding tert-OH is 3. The van der Waals surface area contributed by atoms with Crippen molar-refractivity contribution in [3.05, 3.63) is 29.3 Å². The highest BCUT2D eigenvalue weighted by atomic mass is 16.5. The van der Waals surface area contributed by atoms with Crippen LogP contribution in [0.1, 0.15) is 11.1 Å². The van der Waals surface area contributed by atoms with E-state index in [0.29, 0.717) is 52.7 Å². The predicted octanol–water partition coefficient (Wildman–Crippen LogP) is 0.177. The van der Waals surface area contributed by atoms with Crippen LogP contribution in [0.5, 0.6) is 5.75 Å². The SMILES string of the molecule is OCCOCCOc1ccc(CCOCCO)c(CCOCCO)c1. The molecular weight excluding hydrogens is 328 g/mol. The molecule has 0 heterocycles. The smallest absolute Gasteiger partial charge is 0.119 e. The highest BCUT2D eigenvalue weighted by Gasteiger charge is 2.06. The summed E-state index contributed by atoms with van der Waals surface area (Å²) in [7, 11) is 0. The molecule has 0 aliphatic heterocycles. The predicted molar refractivity (Wildman–Crippen MR) is 93.1 cm³/mol. The fourth-order valence-electron chi connectivity index (χ4n) is 2.25. The van der Waals surface area contributed by atoms with Gasteiger partial charge in [-0.2, -0.15) is 0 Å². The molecule has 25 heavy (non-hydrogen) atoms. The minimum atomic E-state index is 0.00500. The molecule has 1 aromatic rings. The van der Waals surface area contributed by atoms with E-state index in [9.17, 15) is 0 Å². The molecule has 0 spiro atoms. The zero-order valence-corrected chi connectivity index (χ0v) is 14.7. The Morgan fingerprint density at radius 3 is 1.76 bits per heavy atom. The first-order valence-electron chi connectivity index (χ1n) is 8.62. The molecule has 0 fully saturated rings. The minimum absolute atomic E-state index is 0.00500. The molecule has 1 rings (SSSR count). The van der Waals surface area contributed by atoms with Crippen molar-refractivity contribution in [3.8, 4) is 5.75 Å². The van der Waals surface area contributed by atoms with E-state index in [1.54, 1.807) is 0 Å². The zero-order valence-electron chi connectivity index (χ0n) is 14.7. The number of hydrogen-bond donors (Lipinski definition) is 3. The monoisotopic (exact) mass is 358 g/mol. The average Bonchev–Trinajstić information content (AvgIpc) is 2.63. The van der Waals surface area contributed by atoms with Gasteiger partial charge in [0.25, 0.3) is 0 Å². The largest absolute Gasteiger partial charge is 0.491 e. The summed E-state index contributed by atoms with van der Waals surface area (Å²) in [5.41, 5.74) is 2.26. The normalized spacial score (nSPS) is 11.0. The van der Waals surface area contributed by atoms with Crippen molar-refractivity contribution in [2.75, 3.05) is 66.1 Å². The summed E-state index contributed by atoms with van der Waals surface area (Å²) in [6.07, 6.45) is 1.46. The van der Waals surface area contributed by atoms with Gasteiger partial charge in [-0.3, -0.25) is 0 Å². The molecule has 0 saturated carbocycles. The van der Waals surface area contributed by atoms with Crippen LogP contribution in [0.4, 0.5) is 0 Å². The average molecular weight is 358 g/mol. The lowest BCUT2D eigenvalue weighted by Crippen LogP contribution is -2.10. The number of rotatable bonds is 16. The lowest BCUT2D eigenvalue weighted by Gasteiger charge is -2.13. The maximum absolute atomic E-state index is 8.78. The van der Waals surface area contributed by atoms with E-state index < -0.39 is 0 Å². The van der Waals surface area contributed by atoms with Gasteiger partial charge in [-0.05, 0) is 36.1 Å². The van der Waals surface area contributed by atoms with Gasteiger partial charge in [-0.1, -0.05) is 6.07 Å². The number of ether oxygens (including phenoxy) is 4. The molecule has 0 bridgehead atoms. The maximum Gasteiger partial charge on any atom is 0.119 e. The van der Waals surface area contributed by atoms with E-state index in [-0.39, 0.29) is 19.8 Å². The molecule has 0 atom stereocenters. The van der Waals surface area contributed by atoms with Crippen molar-refractivity contribution >= 4 is 0 Å². The molecule has 7 heteroatoms. The highest BCUT2D eigenvalue weighted by Crippen LogP contribution is 2.19. The van der Waals surface area contributed by atoms with Crippen LogP contribution in [0.15, 0.2) is 18.2 Å². The van der Waals surface area contributed by atoms with Gasteiger partial charge >= 0.3 is 0 Å². The molecule has 0 aliphatic carbocycles. The van der Waals surface area contributed by atoms with Crippen molar-refractivity contribution < 1.29 is 34.3 Å². The van der Waals surface area contributed by atoms with Gasteiger partial charge in [-0.15, -0.1) is 0 Å². The Morgan fingerprint density at radius 1 is 0.600 bits per heavy atom. The molecule has 0 radical (unpaired) electrons. The second-order valence-corrected chi connectivity index (χ2v) is 5.29. The van der Waals surface area contributed by atoms with Crippen LogP contribution in [0, 0.1) is 0 Å². The van der Waals surface area contributed by atoms with Crippen LogP contribution >= 0.6 is 0 Å². The third-order valence-electron chi connectivity index (χ3n) is 3.41. The second kappa shape index (κ2) is 15.1. The first-order valence-corrected chi connectivity index (χ1v) is 8.62. The molecule has 7 nitrogen and oxygen atoms in total. The van der Waals surface area contributed by atoms with Crippen molar-refractivity contribution in [2.45, 2.75) is 12.8 Å². The first kappa shape index (κ1) is 21.8. The van der Waals surface area contributed by atoms with E-state index in [1.807, 2.05) is 18.2 Å². The third-order valence-corrected chi connectivity index (χ3v) is 3.41. The van der Waals surface area contributed by atoms with Crippen LogP contribution in [0.25, 0.3) is 0 Å². The summed E-state index contributed by atoms with van der Waals surface area (Å²) in [5.74, 6) is 0.754. The van der Waals surface area contributed by atoms with Gasteiger partial charge in [0, 0.05) is 0 Å². The quantitative estimate of drug-likeness (QED) is 0.363. The van der Waals surface area contributed by atoms with Crippen molar-refractivity contribution in [2.24, 2.45) is 0 Å². The fourth-order valence-corrected chi connectivity index (χ4v) is 2.25. The molecule has 1 aromatic carbocycles. The van der Waals surface area contributed by atoms with Crippen molar-refractivity contribution in [3.63, 3.8) is 0 Å². The molecule has 144 valence electrons. The van der Waals surface area contributed by atoms with Gasteiger partial charge in [0.05, 0.1) is 59.5 Å². The lowest BCUT2D eigenvalue weighted by molar-refractivity contribution is 0.0704. The van der Waals surface area contributed by atoms with Gasteiger partial charge in [0.1, 0.15) is 12.4 Å². The summed E-state index contributed by atoms with van der Waals surface area (Å²) >= 11 is 0. The first-order chi connectivity index (χ1) is 12.3. The van der Waals surface area contributed by atoms with Crippen LogP contribution in [0.3, 0.4) is 0 Å². The Bertz CT molecular complexity index is 439. The van der Waals surface area contributed by atoms with Gasteiger partial charge in [0.2, 0.25) is 0 Å². The molecule has 0 unspecified atom stereocenters. The third kappa shape index (κ3) is 10.4. The van der Waals surface area contributed by atoms with Crippen molar-refractivity contribution in [1.82, 2.24) is 0 Å². The second-order valence-electron chi connectivity index (χ2n) is 5.29. The Balaban J connectivity index is 2.55. The highest BCUT2D eigenvalue weighted by molar-refractivity contribution is 5.36. The Labute approximate surface area is 149 Å². The molecule has 0 aromatic heterocycles. The number of hydrogen-bond acceptors (Lipinski definition) is 7. The topological polar surface area (TPSA) is 97.6 Å². The lowest BCUT2D eigenvalue weighted by atomic mass is 10.0. The molecule has 3 N–H and O–H groups in total. The van der Waals surface area contributed by atoms with E-state index in [4.69, 9.17) is 34.3 Å². The summed E-state index contributed by atoms with van der Waals surface area (Å²) in [4.78, 5) is 0. The molecule has 0 amide bonds. The molecular formula is C18H30O7. The summed E-state index contributed by atoms with van der Waals surface area (Å²) in [6, 6.07) is 5.90. The molecule has 0 saturated heterocycles. The number of aliphatic hydroxyl groups is 3. The van der Waals surface area contributed by atoms with E-state index in [0.717, 1.165) is 23.3 Å². The fraction of sp³-hybridized carbons (Fsp3) is 0.667. The van der Waals surface area contributed by atoms with Crippen LogP contribution in [-0.2, 0) is 27.1 Å².